The molecule has 1 N–H and O–H groups in total. The van der Waals surface area contributed by atoms with Crippen LogP contribution < -0.4 is 5.32 Å². The summed E-state index contributed by atoms with van der Waals surface area (Å²) in [5, 5.41) is 3.32. The van der Waals surface area contributed by atoms with Gasteiger partial charge in [0.1, 0.15) is 0 Å². The number of aryl methyl sites for hydroxylation is 2. The Morgan fingerprint density at radius 2 is 1.50 bits per heavy atom. The number of amides is 1. The molecular formula is C22H27NO. The summed E-state index contributed by atoms with van der Waals surface area (Å²) in [6, 6.07) is 16.7. The van der Waals surface area contributed by atoms with Crippen molar-refractivity contribution in [3.63, 3.8) is 0 Å². The SMILES string of the molecule is CCc1cccc(CC)c1NC(=O)C1(c2ccccc2)CCCC1. The Hall–Kier alpha value is -2.09. The molecule has 2 nitrogen and oxygen atoms in total. The number of carbonyl (C=O) groups excluding carboxylic acids is 1. The molecule has 0 saturated heterocycles. The quantitative estimate of drug-likeness (QED) is 0.799. The first-order valence-electron chi connectivity index (χ1n) is 9.19. The Morgan fingerprint density at radius 3 is 2.04 bits per heavy atom. The maximum absolute atomic E-state index is 13.4. The predicted molar refractivity (Wildman–Crippen MR) is 100 cm³/mol. The number of nitrogens with one attached hydrogen (secondary N) is 1. The lowest BCUT2D eigenvalue weighted by Crippen LogP contribution is -2.38. The third-order valence-corrected chi connectivity index (χ3v) is 5.46. The molecule has 2 heteroatoms. The number of hydrogen-bond acceptors (Lipinski definition) is 1. The topological polar surface area (TPSA) is 29.1 Å². The van der Waals surface area contributed by atoms with Crippen molar-refractivity contribution in [2.24, 2.45) is 0 Å². The zero-order chi connectivity index (χ0) is 17.0. The molecule has 2 aromatic carbocycles. The highest BCUT2D eigenvalue weighted by Crippen LogP contribution is 2.42. The van der Waals surface area contributed by atoms with Gasteiger partial charge in [0.15, 0.2) is 0 Å². The van der Waals surface area contributed by atoms with Crippen LogP contribution in [0.1, 0.15) is 56.2 Å². The van der Waals surface area contributed by atoms with Gasteiger partial charge < -0.3 is 5.32 Å². The average Bonchev–Trinajstić information content (AvgIpc) is 3.13. The van der Waals surface area contributed by atoms with Crippen LogP contribution in [0.15, 0.2) is 48.5 Å². The Bertz CT molecular complexity index is 677. The molecule has 0 radical (unpaired) electrons. The van der Waals surface area contributed by atoms with Gasteiger partial charge in [0.05, 0.1) is 5.41 Å². The van der Waals surface area contributed by atoms with Crippen LogP contribution in [0.4, 0.5) is 5.69 Å². The van der Waals surface area contributed by atoms with E-state index in [0.29, 0.717) is 0 Å². The van der Waals surface area contributed by atoms with Crippen LogP contribution in [-0.2, 0) is 23.1 Å². The summed E-state index contributed by atoms with van der Waals surface area (Å²) in [5.41, 5.74) is 4.28. The summed E-state index contributed by atoms with van der Waals surface area (Å²) in [7, 11) is 0. The molecule has 1 aliphatic carbocycles. The minimum absolute atomic E-state index is 0.168. The highest BCUT2D eigenvalue weighted by atomic mass is 16.2. The molecule has 0 aliphatic heterocycles. The summed E-state index contributed by atoms with van der Waals surface area (Å²) in [6.07, 6.45) is 6.00. The van der Waals surface area contributed by atoms with Crippen LogP contribution in [0.25, 0.3) is 0 Å². The largest absolute Gasteiger partial charge is 0.325 e. The van der Waals surface area contributed by atoms with Gasteiger partial charge in [-0.25, -0.2) is 0 Å². The van der Waals surface area contributed by atoms with E-state index in [1.165, 1.54) is 11.1 Å². The molecule has 24 heavy (non-hydrogen) atoms. The summed E-state index contributed by atoms with van der Waals surface area (Å²) in [5.74, 6) is 0.168. The van der Waals surface area contributed by atoms with Crippen molar-refractivity contribution in [3.05, 3.63) is 65.2 Å². The summed E-state index contributed by atoms with van der Waals surface area (Å²) >= 11 is 0. The van der Waals surface area contributed by atoms with Crippen LogP contribution in [0.2, 0.25) is 0 Å². The number of rotatable bonds is 5. The molecule has 0 heterocycles. The zero-order valence-corrected chi connectivity index (χ0v) is 14.8. The molecule has 1 saturated carbocycles. The van der Waals surface area contributed by atoms with Gasteiger partial charge in [-0.3, -0.25) is 4.79 Å². The normalized spacial score (nSPS) is 16.1. The molecule has 0 unspecified atom stereocenters. The van der Waals surface area contributed by atoms with E-state index >= 15 is 0 Å². The Morgan fingerprint density at radius 1 is 0.917 bits per heavy atom. The minimum atomic E-state index is -0.368. The standard InChI is InChI=1S/C22H27NO/c1-3-17-11-10-12-18(4-2)20(17)23-21(24)22(15-8-9-16-22)19-13-6-5-7-14-19/h5-7,10-14H,3-4,8-9,15-16H2,1-2H3,(H,23,24). The van der Waals surface area contributed by atoms with Gasteiger partial charge >= 0.3 is 0 Å². The molecule has 0 aromatic heterocycles. The smallest absolute Gasteiger partial charge is 0.235 e. The average molecular weight is 321 g/mol. The van der Waals surface area contributed by atoms with Crippen molar-refractivity contribution in [1.82, 2.24) is 0 Å². The van der Waals surface area contributed by atoms with Crippen LogP contribution in [0.3, 0.4) is 0 Å². The van der Waals surface area contributed by atoms with Crippen LogP contribution in [-0.4, -0.2) is 5.91 Å². The molecule has 0 spiro atoms. The van der Waals surface area contributed by atoms with E-state index in [9.17, 15) is 4.79 Å². The second-order valence-electron chi connectivity index (χ2n) is 6.77. The highest BCUT2D eigenvalue weighted by Gasteiger charge is 2.42. The van der Waals surface area contributed by atoms with E-state index in [1.54, 1.807) is 0 Å². The fourth-order valence-electron chi connectivity index (χ4n) is 4.02. The number of anilines is 1. The fourth-order valence-corrected chi connectivity index (χ4v) is 4.02. The lowest BCUT2D eigenvalue weighted by Gasteiger charge is -2.29. The number of para-hydroxylation sites is 1. The van der Waals surface area contributed by atoms with Gasteiger partial charge in [0.25, 0.3) is 0 Å². The third-order valence-electron chi connectivity index (χ3n) is 5.46. The summed E-state index contributed by atoms with van der Waals surface area (Å²) in [4.78, 5) is 13.4. The Balaban J connectivity index is 1.97. The van der Waals surface area contributed by atoms with Gasteiger partial charge in [-0.05, 0) is 42.4 Å². The molecule has 0 bridgehead atoms. The maximum Gasteiger partial charge on any atom is 0.235 e. The second kappa shape index (κ2) is 7.21. The van der Waals surface area contributed by atoms with Crippen LogP contribution in [0.5, 0.6) is 0 Å². The Kier molecular flexibility index (Phi) is 5.03. The van der Waals surface area contributed by atoms with Crippen molar-refractivity contribution in [1.29, 1.82) is 0 Å². The highest BCUT2D eigenvalue weighted by molar-refractivity contribution is 6.00. The molecule has 126 valence electrons. The molecule has 3 rings (SSSR count). The first-order chi connectivity index (χ1) is 11.7. The van der Waals surface area contributed by atoms with Crippen molar-refractivity contribution in [2.45, 2.75) is 57.8 Å². The van der Waals surface area contributed by atoms with Crippen LogP contribution >= 0.6 is 0 Å². The van der Waals surface area contributed by atoms with E-state index in [0.717, 1.165) is 49.8 Å². The lowest BCUT2D eigenvalue weighted by atomic mass is 9.78. The van der Waals surface area contributed by atoms with Gasteiger partial charge in [-0.1, -0.05) is 75.2 Å². The van der Waals surface area contributed by atoms with Gasteiger partial charge in [0.2, 0.25) is 5.91 Å². The molecule has 2 aromatic rings. The maximum atomic E-state index is 13.4. The van der Waals surface area contributed by atoms with Crippen molar-refractivity contribution < 1.29 is 4.79 Å². The van der Waals surface area contributed by atoms with Crippen molar-refractivity contribution in [2.75, 3.05) is 5.32 Å². The molecule has 1 amide bonds. The number of carbonyl (C=O) groups is 1. The van der Waals surface area contributed by atoms with E-state index in [-0.39, 0.29) is 11.3 Å². The minimum Gasteiger partial charge on any atom is -0.325 e. The third kappa shape index (κ3) is 2.98. The number of benzene rings is 2. The fraction of sp³-hybridized carbons (Fsp3) is 0.409. The van der Waals surface area contributed by atoms with Gasteiger partial charge in [-0.2, -0.15) is 0 Å². The predicted octanol–water partition coefficient (Wildman–Crippen LogP) is 5.26. The molecule has 0 atom stereocenters. The lowest BCUT2D eigenvalue weighted by molar-refractivity contribution is -0.121. The summed E-state index contributed by atoms with van der Waals surface area (Å²) < 4.78 is 0. The monoisotopic (exact) mass is 321 g/mol. The van der Waals surface area contributed by atoms with Crippen molar-refractivity contribution in [3.8, 4) is 0 Å². The molecule has 1 fully saturated rings. The van der Waals surface area contributed by atoms with E-state index in [4.69, 9.17) is 0 Å². The molecule has 1 aliphatic rings. The Labute approximate surface area is 145 Å². The first kappa shape index (κ1) is 16.8. The van der Waals surface area contributed by atoms with Crippen molar-refractivity contribution >= 4 is 11.6 Å². The van der Waals surface area contributed by atoms with E-state index in [1.807, 2.05) is 18.2 Å². The number of hydrogen-bond donors (Lipinski definition) is 1. The van der Waals surface area contributed by atoms with Crippen LogP contribution in [0, 0.1) is 0 Å². The molecular weight excluding hydrogens is 294 g/mol. The first-order valence-corrected chi connectivity index (χ1v) is 9.19. The van der Waals surface area contributed by atoms with Gasteiger partial charge in [0, 0.05) is 5.69 Å². The van der Waals surface area contributed by atoms with Gasteiger partial charge in [-0.15, -0.1) is 0 Å². The van der Waals surface area contributed by atoms with E-state index in [2.05, 4.69) is 49.5 Å². The zero-order valence-electron chi connectivity index (χ0n) is 14.8. The summed E-state index contributed by atoms with van der Waals surface area (Å²) in [6.45, 7) is 4.29. The second-order valence-corrected chi connectivity index (χ2v) is 6.77. The van der Waals surface area contributed by atoms with E-state index < -0.39 is 0 Å².